The summed E-state index contributed by atoms with van der Waals surface area (Å²) >= 11 is 5.80. The van der Waals surface area contributed by atoms with Crippen LogP contribution in [0, 0.1) is 6.92 Å². The summed E-state index contributed by atoms with van der Waals surface area (Å²) in [6, 6.07) is 0. The summed E-state index contributed by atoms with van der Waals surface area (Å²) < 4.78 is 0. The summed E-state index contributed by atoms with van der Waals surface area (Å²) in [6.45, 7) is 4.46. The molecule has 15 heavy (non-hydrogen) atoms. The molecule has 0 radical (unpaired) electrons. The van der Waals surface area contributed by atoms with Crippen molar-refractivity contribution in [3.05, 3.63) is 17.0 Å². The summed E-state index contributed by atoms with van der Waals surface area (Å²) in [4.78, 5) is 19.0. The van der Waals surface area contributed by atoms with Crippen molar-refractivity contribution in [2.24, 2.45) is 0 Å². The topological polar surface area (TPSA) is 66.9 Å². The van der Waals surface area contributed by atoms with Crippen LogP contribution < -0.4 is 10.6 Å². The molecule has 1 aromatic heterocycles. The van der Waals surface area contributed by atoms with Crippen molar-refractivity contribution in [2.45, 2.75) is 13.8 Å². The lowest BCUT2D eigenvalue weighted by Crippen LogP contribution is -2.29. The van der Waals surface area contributed by atoms with Gasteiger partial charge in [-0.2, -0.15) is 0 Å². The van der Waals surface area contributed by atoms with Crippen LogP contribution in [0.3, 0.4) is 0 Å². The Labute approximate surface area is 93.3 Å². The third-order valence-electron chi connectivity index (χ3n) is 1.81. The molecule has 5 nitrogen and oxygen atoms in total. The second-order valence-electron chi connectivity index (χ2n) is 2.95. The molecule has 2 N–H and O–H groups in total. The molecule has 0 aromatic carbocycles. The predicted molar refractivity (Wildman–Crippen MR) is 59.0 cm³/mol. The molecule has 0 spiro atoms. The smallest absolute Gasteiger partial charge is 0.239 e. The van der Waals surface area contributed by atoms with Gasteiger partial charge in [-0.15, -0.1) is 0 Å². The quantitative estimate of drug-likeness (QED) is 0.755. The van der Waals surface area contributed by atoms with Crippen LogP contribution in [-0.2, 0) is 4.79 Å². The highest BCUT2D eigenvalue weighted by Crippen LogP contribution is 2.17. The van der Waals surface area contributed by atoms with Gasteiger partial charge in [0.15, 0.2) is 0 Å². The fraction of sp³-hybridized carbons (Fsp3) is 0.444. The van der Waals surface area contributed by atoms with E-state index < -0.39 is 0 Å². The lowest BCUT2D eigenvalue weighted by Gasteiger charge is -2.08. The zero-order valence-electron chi connectivity index (χ0n) is 8.67. The second-order valence-corrected chi connectivity index (χ2v) is 3.30. The van der Waals surface area contributed by atoms with E-state index >= 15 is 0 Å². The molecule has 0 aliphatic rings. The first-order chi connectivity index (χ1) is 7.15. The number of amides is 1. The van der Waals surface area contributed by atoms with Crippen molar-refractivity contribution < 1.29 is 4.79 Å². The number of aromatic nitrogens is 2. The summed E-state index contributed by atoms with van der Waals surface area (Å²) in [7, 11) is 0. The Hall–Kier alpha value is -1.36. The van der Waals surface area contributed by atoms with Crippen molar-refractivity contribution >= 4 is 23.3 Å². The van der Waals surface area contributed by atoms with Gasteiger partial charge in [0.05, 0.1) is 6.54 Å². The first-order valence-corrected chi connectivity index (χ1v) is 5.00. The van der Waals surface area contributed by atoms with Crippen molar-refractivity contribution in [3.8, 4) is 0 Å². The number of anilines is 1. The van der Waals surface area contributed by atoms with Gasteiger partial charge < -0.3 is 10.6 Å². The van der Waals surface area contributed by atoms with E-state index in [0.717, 1.165) is 5.56 Å². The first kappa shape index (κ1) is 11.7. The molecule has 0 fully saturated rings. The van der Waals surface area contributed by atoms with Crippen LogP contribution in [0.5, 0.6) is 0 Å². The second kappa shape index (κ2) is 5.50. The van der Waals surface area contributed by atoms with Gasteiger partial charge in [0.2, 0.25) is 5.91 Å². The molecule has 0 bridgehead atoms. The van der Waals surface area contributed by atoms with Gasteiger partial charge in [-0.25, -0.2) is 9.97 Å². The van der Waals surface area contributed by atoms with Crippen molar-refractivity contribution in [1.29, 1.82) is 0 Å². The molecule has 0 saturated heterocycles. The molecule has 82 valence electrons. The fourth-order valence-corrected chi connectivity index (χ4v) is 1.16. The average Bonchev–Trinajstić information content (AvgIpc) is 2.21. The zero-order valence-corrected chi connectivity index (χ0v) is 9.43. The van der Waals surface area contributed by atoms with Gasteiger partial charge in [0.25, 0.3) is 0 Å². The zero-order chi connectivity index (χ0) is 11.3. The van der Waals surface area contributed by atoms with Crippen LogP contribution in [0.4, 0.5) is 5.82 Å². The average molecular weight is 229 g/mol. The lowest BCUT2D eigenvalue weighted by molar-refractivity contribution is -0.119. The highest BCUT2D eigenvalue weighted by Gasteiger charge is 2.05. The molecule has 6 heteroatoms. The number of carbonyl (C=O) groups is 1. The maximum Gasteiger partial charge on any atom is 0.239 e. The van der Waals surface area contributed by atoms with Crippen LogP contribution in [-0.4, -0.2) is 29.0 Å². The van der Waals surface area contributed by atoms with Crippen molar-refractivity contribution in [1.82, 2.24) is 15.3 Å². The Morgan fingerprint density at radius 1 is 1.53 bits per heavy atom. The SMILES string of the molecule is CCNC(=O)CNc1ncnc(Cl)c1C. The molecule has 0 aliphatic heterocycles. The molecule has 0 atom stereocenters. The third-order valence-corrected chi connectivity index (χ3v) is 2.19. The van der Waals surface area contributed by atoms with Crippen molar-refractivity contribution in [3.63, 3.8) is 0 Å². The minimum Gasteiger partial charge on any atom is -0.361 e. The predicted octanol–water partition coefficient (Wildman–Crippen LogP) is 0.986. The van der Waals surface area contributed by atoms with E-state index in [4.69, 9.17) is 11.6 Å². The summed E-state index contributed by atoms with van der Waals surface area (Å²) in [5.74, 6) is 0.507. The monoisotopic (exact) mass is 228 g/mol. The Balaban J connectivity index is 2.58. The van der Waals surface area contributed by atoms with E-state index in [0.29, 0.717) is 17.5 Å². The first-order valence-electron chi connectivity index (χ1n) is 4.62. The molecular weight excluding hydrogens is 216 g/mol. The number of rotatable bonds is 4. The maximum absolute atomic E-state index is 11.2. The highest BCUT2D eigenvalue weighted by molar-refractivity contribution is 6.30. The molecule has 0 saturated carbocycles. The molecule has 1 rings (SSSR count). The molecule has 0 unspecified atom stereocenters. The van der Waals surface area contributed by atoms with E-state index in [9.17, 15) is 4.79 Å². The Kier molecular flexibility index (Phi) is 4.30. The summed E-state index contributed by atoms with van der Waals surface area (Å²) in [5.41, 5.74) is 0.739. The van der Waals surface area contributed by atoms with Gasteiger partial charge in [-0.05, 0) is 13.8 Å². The molecule has 1 amide bonds. The highest BCUT2D eigenvalue weighted by atomic mass is 35.5. The molecule has 1 aromatic rings. The van der Waals surface area contributed by atoms with E-state index in [1.54, 1.807) is 6.92 Å². The van der Waals surface area contributed by atoms with Crippen LogP contribution >= 0.6 is 11.6 Å². The molecular formula is C9H13ClN4O. The molecule has 1 heterocycles. The van der Waals surface area contributed by atoms with Gasteiger partial charge in [0, 0.05) is 12.1 Å². The standard InChI is InChI=1S/C9H13ClN4O/c1-3-11-7(15)4-12-9-6(2)8(10)13-5-14-9/h5H,3-4H2,1-2H3,(H,11,15)(H,12,13,14). The Morgan fingerprint density at radius 2 is 2.27 bits per heavy atom. The number of hydrogen-bond acceptors (Lipinski definition) is 4. The van der Waals surface area contributed by atoms with Crippen LogP contribution in [0.15, 0.2) is 6.33 Å². The number of carbonyl (C=O) groups excluding carboxylic acids is 1. The molecule has 0 aliphatic carbocycles. The number of nitrogens with one attached hydrogen (secondary N) is 2. The largest absolute Gasteiger partial charge is 0.361 e. The van der Waals surface area contributed by atoms with E-state index in [1.165, 1.54) is 6.33 Å². The number of nitrogens with zero attached hydrogens (tertiary/aromatic N) is 2. The van der Waals surface area contributed by atoms with Gasteiger partial charge in [0.1, 0.15) is 17.3 Å². The fourth-order valence-electron chi connectivity index (χ4n) is 1.03. The van der Waals surface area contributed by atoms with E-state index in [1.807, 2.05) is 6.92 Å². The van der Waals surface area contributed by atoms with Crippen LogP contribution in [0.1, 0.15) is 12.5 Å². The maximum atomic E-state index is 11.2. The lowest BCUT2D eigenvalue weighted by atomic mass is 10.3. The summed E-state index contributed by atoms with van der Waals surface area (Å²) in [5, 5.41) is 5.95. The van der Waals surface area contributed by atoms with E-state index in [2.05, 4.69) is 20.6 Å². The number of halogens is 1. The number of likely N-dealkylation sites (N-methyl/N-ethyl adjacent to an activating group) is 1. The van der Waals surface area contributed by atoms with Gasteiger partial charge >= 0.3 is 0 Å². The third kappa shape index (κ3) is 3.36. The van der Waals surface area contributed by atoms with Crippen molar-refractivity contribution in [2.75, 3.05) is 18.4 Å². The van der Waals surface area contributed by atoms with E-state index in [-0.39, 0.29) is 12.5 Å². The van der Waals surface area contributed by atoms with Crippen LogP contribution in [0.25, 0.3) is 0 Å². The van der Waals surface area contributed by atoms with Gasteiger partial charge in [-0.3, -0.25) is 4.79 Å². The van der Waals surface area contributed by atoms with Gasteiger partial charge in [-0.1, -0.05) is 11.6 Å². The minimum atomic E-state index is -0.0772. The summed E-state index contributed by atoms with van der Waals surface area (Å²) in [6.07, 6.45) is 1.36. The Morgan fingerprint density at radius 3 is 2.93 bits per heavy atom. The minimum absolute atomic E-state index is 0.0772. The normalized spacial score (nSPS) is 9.80. The number of hydrogen-bond donors (Lipinski definition) is 2. The Bertz CT molecular complexity index is 356. The van der Waals surface area contributed by atoms with Crippen LogP contribution in [0.2, 0.25) is 5.15 Å².